The first kappa shape index (κ1) is 32.9. The molecule has 0 radical (unpaired) electrons. The second-order valence-corrected chi connectivity index (χ2v) is 13.3. The van der Waals surface area contributed by atoms with Gasteiger partial charge in [0, 0.05) is 59.6 Å². The number of benzene rings is 1. The maximum atomic E-state index is 14.3. The van der Waals surface area contributed by atoms with E-state index in [0.717, 1.165) is 49.5 Å². The van der Waals surface area contributed by atoms with Crippen LogP contribution in [0.5, 0.6) is 0 Å². The maximum Gasteiger partial charge on any atom is 0.417 e. The smallest absolute Gasteiger partial charge is 0.354 e. The Hall–Kier alpha value is -4.04. The molecule has 1 saturated heterocycles. The average molecular weight is 714 g/mol. The third kappa shape index (κ3) is 6.32. The minimum absolute atomic E-state index is 0.0470. The van der Waals surface area contributed by atoms with Gasteiger partial charge in [-0.3, -0.25) is 14.5 Å². The summed E-state index contributed by atoms with van der Waals surface area (Å²) >= 11 is 2.94. The molecule has 1 aromatic carbocycles. The summed E-state index contributed by atoms with van der Waals surface area (Å²) in [6.07, 6.45) is -2.78. The van der Waals surface area contributed by atoms with Crippen LogP contribution < -0.4 is 10.5 Å². The molecule has 6 rings (SSSR count). The van der Waals surface area contributed by atoms with Gasteiger partial charge in [-0.1, -0.05) is 15.9 Å². The third-order valence-corrected chi connectivity index (χ3v) is 9.63. The number of nitrogens with zero attached hydrogens (tertiary/aromatic N) is 8. The van der Waals surface area contributed by atoms with Crippen molar-refractivity contribution >= 4 is 27.7 Å². The number of alkyl halides is 3. The number of aromatic nitrogens is 5. The highest BCUT2D eigenvalue weighted by molar-refractivity contribution is 9.10. The van der Waals surface area contributed by atoms with Gasteiger partial charge in [0.1, 0.15) is 5.82 Å². The van der Waals surface area contributed by atoms with E-state index >= 15 is 0 Å². The van der Waals surface area contributed by atoms with Crippen molar-refractivity contribution in [2.24, 2.45) is 0 Å². The topological polar surface area (TPSA) is 92.4 Å². The van der Waals surface area contributed by atoms with Crippen LogP contribution in [-0.4, -0.2) is 78.3 Å². The minimum atomic E-state index is -4.63. The van der Waals surface area contributed by atoms with E-state index in [0.29, 0.717) is 23.0 Å². The molecular formula is C33H36BrF3N8O2. The molecular weight excluding hydrogens is 677 g/mol. The standard InChI is InChI=1S/C33H36BrF3N8O2/c1-19(2)41-10-12-42(13-11-41)29-9-7-24(17-38-29)44-31(47)25-15-21(4)43(18-28(25)39-32(44)45-22(5)14-20(3)40-45)30(46)23-6-8-27(34)26(16-23)33(35,36)37/h6-9,14,16-17,19,21H,10-13,15,18H2,1-5H3. The number of hydrogen-bond donors (Lipinski definition) is 0. The number of halogens is 4. The van der Waals surface area contributed by atoms with E-state index in [4.69, 9.17) is 9.97 Å². The molecule has 4 aromatic rings. The summed E-state index contributed by atoms with van der Waals surface area (Å²) in [5.41, 5.74) is 1.49. The zero-order chi connectivity index (χ0) is 33.8. The van der Waals surface area contributed by atoms with Crippen molar-refractivity contribution < 1.29 is 18.0 Å². The molecule has 0 spiro atoms. The maximum absolute atomic E-state index is 14.3. The molecule has 3 aromatic heterocycles. The molecule has 14 heteroatoms. The van der Waals surface area contributed by atoms with Gasteiger partial charge >= 0.3 is 6.18 Å². The molecule has 0 saturated carbocycles. The average Bonchev–Trinajstić information content (AvgIpc) is 3.37. The van der Waals surface area contributed by atoms with Gasteiger partial charge in [-0.05, 0) is 77.4 Å². The quantitative estimate of drug-likeness (QED) is 0.276. The second kappa shape index (κ2) is 12.5. The van der Waals surface area contributed by atoms with Crippen LogP contribution in [0.4, 0.5) is 19.0 Å². The zero-order valence-electron chi connectivity index (χ0n) is 26.8. The summed E-state index contributed by atoms with van der Waals surface area (Å²) in [5.74, 6) is 0.492. The molecule has 2 aliphatic heterocycles. The fourth-order valence-electron chi connectivity index (χ4n) is 6.33. The predicted octanol–water partition coefficient (Wildman–Crippen LogP) is 5.33. The SMILES string of the molecule is Cc1cc(C)n(-c2nc3c(c(=O)n2-c2ccc(N4CCN(C(C)C)CC4)nc2)CC(C)N(C(=O)c2ccc(Br)c(C(F)(F)F)c2)C3)n1. The molecule has 1 amide bonds. The lowest BCUT2D eigenvalue weighted by Crippen LogP contribution is -2.49. The minimum Gasteiger partial charge on any atom is -0.354 e. The highest BCUT2D eigenvalue weighted by Gasteiger charge is 2.36. The number of amides is 1. The van der Waals surface area contributed by atoms with Crippen LogP contribution in [0.25, 0.3) is 11.6 Å². The van der Waals surface area contributed by atoms with Gasteiger partial charge < -0.3 is 9.80 Å². The van der Waals surface area contributed by atoms with E-state index in [1.807, 2.05) is 32.0 Å². The lowest BCUT2D eigenvalue weighted by molar-refractivity contribution is -0.138. The molecule has 47 heavy (non-hydrogen) atoms. The van der Waals surface area contributed by atoms with Crippen molar-refractivity contribution in [2.45, 2.75) is 65.8 Å². The summed E-state index contributed by atoms with van der Waals surface area (Å²) in [5, 5.41) is 4.60. The van der Waals surface area contributed by atoms with Gasteiger partial charge in [-0.15, -0.1) is 0 Å². The number of aryl methyl sites for hydroxylation is 2. The first-order chi connectivity index (χ1) is 22.2. The molecule has 10 nitrogen and oxygen atoms in total. The second-order valence-electron chi connectivity index (χ2n) is 12.5. The number of carbonyl (C=O) groups excluding carboxylic acids is 1. The Labute approximate surface area is 279 Å². The summed E-state index contributed by atoms with van der Waals surface area (Å²) in [6.45, 7) is 13.4. The van der Waals surface area contributed by atoms with Gasteiger partial charge in [-0.25, -0.2) is 19.2 Å². The molecule has 0 aliphatic carbocycles. The highest BCUT2D eigenvalue weighted by Crippen LogP contribution is 2.36. The lowest BCUT2D eigenvalue weighted by atomic mass is 9.98. The Kier molecular flexibility index (Phi) is 8.77. The normalized spacial score (nSPS) is 17.4. The molecule has 1 fully saturated rings. The van der Waals surface area contributed by atoms with Gasteiger partial charge in [0.2, 0.25) is 5.95 Å². The number of hydrogen-bond acceptors (Lipinski definition) is 7. The van der Waals surface area contributed by atoms with Gasteiger partial charge in [0.25, 0.3) is 11.5 Å². The van der Waals surface area contributed by atoms with Gasteiger partial charge in [0.15, 0.2) is 0 Å². The number of pyridine rings is 1. The summed E-state index contributed by atoms with van der Waals surface area (Å²) in [6, 6.07) is 9.09. The molecule has 5 heterocycles. The van der Waals surface area contributed by atoms with Crippen molar-refractivity contribution in [3.05, 3.63) is 91.2 Å². The molecule has 0 N–H and O–H groups in total. The van der Waals surface area contributed by atoms with E-state index < -0.39 is 23.7 Å². The number of carbonyl (C=O) groups is 1. The van der Waals surface area contributed by atoms with E-state index in [1.165, 1.54) is 21.6 Å². The van der Waals surface area contributed by atoms with Crippen molar-refractivity contribution in [2.75, 3.05) is 31.1 Å². The molecule has 0 bridgehead atoms. The van der Waals surface area contributed by atoms with E-state index in [-0.39, 0.29) is 34.5 Å². The Morgan fingerprint density at radius 1 is 1.04 bits per heavy atom. The predicted molar refractivity (Wildman–Crippen MR) is 175 cm³/mol. The van der Waals surface area contributed by atoms with Crippen molar-refractivity contribution in [3.63, 3.8) is 0 Å². The summed E-state index contributed by atoms with van der Waals surface area (Å²) in [7, 11) is 0. The fourth-order valence-corrected chi connectivity index (χ4v) is 6.80. The lowest BCUT2D eigenvalue weighted by Gasteiger charge is -2.37. The Bertz CT molecular complexity index is 1880. The van der Waals surface area contributed by atoms with Crippen LogP contribution >= 0.6 is 15.9 Å². The van der Waals surface area contributed by atoms with E-state index in [2.05, 4.69) is 44.7 Å². The zero-order valence-corrected chi connectivity index (χ0v) is 28.4. The monoisotopic (exact) mass is 712 g/mol. The van der Waals surface area contributed by atoms with E-state index in [1.54, 1.807) is 17.8 Å². The first-order valence-electron chi connectivity index (χ1n) is 15.5. The van der Waals surface area contributed by atoms with Crippen LogP contribution in [0.1, 0.15) is 59.3 Å². The Morgan fingerprint density at radius 3 is 2.36 bits per heavy atom. The Morgan fingerprint density at radius 2 is 1.77 bits per heavy atom. The first-order valence-corrected chi connectivity index (χ1v) is 16.3. The van der Waals surface area contributed by atoms with Crippen molar-refractivity contribution in [1.82, 2.24) is 34.1 Å². The van der Waals surface area contributed by atoms with Crippen molar-refractivity contribution in [1.29, 1.82) is 0 Å². The third-order valence-electron chi connectivity index (χ3n) is 8.93. The van der Waals surface area contributed by atoms with Crippen molar-refractivity contribution in [3.8, 4) is 11.6 Å². The summed E-state index contributed by atoms with van der Waals surface area (Å²) in [4.78, 5) is 43.7. The fraction of sp³-hybridized carbons (Fsp3) is 0.424. The molecule has 2 aliphatic rings. The largest absolute Gasteiger partial charge is 0.417 e. The Balaban J connectivity index is 1.37. The van der Waals surface area contributed by atoms with Crippen LogP contribution in [0.3, 0.4) is 0 Å². The van der Waals surface area contributed by atoms with Gasteiger partial charge in [0.05, 0.1) is 35.4 Å². The number of rotatable bonds is 5. The molecule has 248 valence electrons. The molecule has 1 atom stereocenters. The van der Waals surface area contributed by atoms with Gasteiger partial charge in [-0.2, -0.15) is 18.3 Å². The van der Waals surface area contributed by atoms with Crippen LogP contribution in [0.15, 0.2) is 51.9 Å². The summed E-state index contributed by atoms with van der Waals surface area (Å²) < 4.78 is 43.8. The highest BCUT2D eigenvalue weighted by atomic mass is 79.9. The number of anilines is 1. The number of piperazine rings is 1. The van der Waals surface area contributed by atoms with Crippen LogP contribution in [-0.2, 0) is 19.1 Å². The number of fused-ring (bicyclic) bond motifs is 1. The molecule has 1 unspecified atom stereocenters. The van der Waals surface area contributed by atoms with Crippen LogP contribution in [0.2, 0.25) is 0 Å². The van der Waals surface area contributed by atoms with E-state index in [9.17, 15) is 22.8 Å². The van der Waals surface area contributed by atoms with Crippen LogP contribution in [0, 0.1) is 13.8 Å².